The monoisotopic (exact) mass is 397 g/mol. The van der Waals surface area contributed by atoms with Gasteiger partial charge in [0, 0.05) is 43.3 Å². The molecule has 1 fully saturated rings. The van der Waals surface area contributed by atoms with Gasteiger partial charge in [0.05, 0.1) is 18.4 Å². The van der Waals surface area contributed by atoms with Crippen molar-refractivity contribution in [3.8, 4) is 0 Å². The Kier molecular flexibility index (Phi) is 5.29. The van der Waals surface area contributed by atoms with Crippen LogP contribution >= 0.6 is 11.6 Å². The minimum Gasteiger partial charge on any atom is -0.461 e. The van der Waals surface area contributed by atoms with E-state index < -0.39 is 0 Å². The smallest absolute Gasteiger partial charge is 0.224 e. The quantitative estimate of drug-likeness (QED) is 0.691. The molecule has 0 spiro atoms. The van der Waals surface area contributed by atoms with Crippen LogP contribution in [0.5, 0.6) is 0 Å². The molecule has 0 aliphatic carbocycles. The Bertz CT molecular complexity index is 981. The molecule has 2 heterocycles. The lowest BCUT2D eigenvalue weighted by atomic mass is 10.00. The molecule has 1 aromatic heterocycles. The van der Waals surface area contributed by atoms with Crippen molar-refractivity contribution in [2.45, 2.75) is 18.4 Å². The number of nitrogens with zero attached hydrogens (tertiary/aromatic N) is 1. The molecule has 2 atom stereocenters. The first-order chi connectivity index (χ1) is 13.5. The van der Waals surface area contributed by atoms with E-state index in [2.05, 4.69) is 10.6 Å². The Morgan fingerprint density at radius 2 is 1.96 bits per heavy atom. The highest BCUT2D eigenvalue weighted by atomic mass is 35.5. The maximum absolute atomic E-state index is 12.6. The van der Waals surface area contributed by atoms with Gasteiger partial charge in [-0.3, -0.25) is 4.79 Å². The summed E-state index contributed by atoms with van der Waals surface area (Å²) in [6.07, 6.45) is 0.368. The first kappa shape index (κ1) is 18.8. The van der Waals surface area contributed by atoms with Crippen LogP contribution in [0.2, 0.25) is 5.02 Å². The Morgan fingerprint density at radius 3 is 2.71 bits per heavy atom. The summed E-state index contributed by atoms with van der Waals surface area (Å²) in [7, 11) is 4.00. The molecule has 3 aromatic rings. The van der Waals surface area contributed by atoms with Gasteiger partial charge in [-0.05, 0) is 42.0 Å². The van der Waals surface area contributed by atoms with Crippen LogP contribution in [0.25, 0.3) is 11.0 Å². The minimum absolute atomic E-state index is 0.00424. The third-order valence-corrected chi connectivity index (χ3v) is 5.48. The average molecular weight is 398 g/mol. The predicted octanol–water partition coefficient (Wildman–Crippen LogP) is 3.57. The van der Waals surface area contributed by atoms with Crippen LogP contribution in [-0.4, -0.2) is 39.1 Å². The highest BCUT2D eigenvalue weighted by Gasteiger charge is 2.32. The maximum atomic E-state index is 12.6. The summed E-state index contributed by atoms with van der Waals surface area (Å²) in [6, 6.07) is 15.7. The van der Waals surface area contributed by atoms with Crippen LogP contribution in [0.3, 0.4) is 0 Å². The first-order valence-electron chi connectivity index (χ1n) is 9.45. The molecule has 2 N–H and O–H groups in total. The van der Waals surface area contributed by atoms with E-state index in [1.165, 1.54) is 0 Å². The molecule has 1 aliphatic rings. The fraction of sp³-hybridized carbons (Fsp3) is 0.318. The van der Waals surface area contributed by atoms with E-state index in [0.29, 0.717) is 11.4 Å². The van der Waals surface area contributed by atoms with Gasteiger partial charge in [0.2, 0.25) is 5.91 Å². The van der Waals surface area contributed by atoms with Crippen LogP contribution in [0, 0.1) is 0 Å². The Hall–Kier alpha value is -2.50. The van der Waals surface area contributed by atoms with Gasteiger partial charge in [-0.25, -0.2) is 0 Å². The third kappa shape index (κ3) is 4.01. The second kappa shape index (κ2) is 7.86. The number of halogens is 1. The number of hydrogen-bond donors (Lipinski definition) is 2. The van der Waals surface area contributed by atoms with Crippen molar-refractivity contribution in [2.75, 3.05) is 32.1 Å². The molecule has 5 nitrogen and oxygen atoms in total. The Labute approximate surface area is 169 Å². The number of carbonyl (C=O) groups excluding carboxylic acids is 1. The van der Waals surface area contributed by atoms with Crippen LogP contribution in [0.4, 0.5) is 5.69 Å². The fourth-order valence-electron chi connectivity index (χ4n) is 3.70. The molecule has 0 unspecified atom stereocenters. The molecular weight excluding hydrogens is 374 g/mol. The number of nitrogens with one attached hydrogen (secondary N) is 2. The molecule has 28 heavy (non-hydrogen) atoms. The lowest BCUT2D eigenvalue weighted by Gasteiger charge is -2.18. The van der Waals surface area contributed by atoms with E-state index >= 15 is 0 Å². The normalized spacial score (nSPS) is 19.1. The third-order valence-electron chi connectivity index (χ3n) is 5.24. The summed E-state index contributed by atoms with van der Waals surface area (Å²) in [5.74, 6) is 1.00. The zero-order valence-corrected chi connectivity index (χ0v) is 16.8. The molecule has 0 radical (unpaired) electrons. The molecule has 1 saturated heterocycles. The number of rotatable bonds is 5. The topological polar surface area (TPSA) is 57.5 Å². The van der Waals surface area contributed by atoms with Gasteiger partial charge in [0.1, 0.15) is 11.3 Å². The summed E-state index contributed by atoms with van der Waals surface area (Å²) in [5.41, 5.74) is 2.94. The number of amides is 1. The van der Waals surface area contributed by atoms with E-state index in [1.807, 2.05) is 67.5 Å². The van der Waals surface area contributed by atoms with Gasteiger partial charge in [-0.1, -0.05) is 23.7 Å². The van der Waals surface area contributed by atoms with E-state index in [1.54, 1.807) is 0 Å². The Balaban J connectivity index is 1.43. The highest BCUT2D eigenvalue weighted by Crippen LogP contribution is 2.30. The van der Waals surface area contributed by atoms with Crippen molar-refractivity contribution in [3.05, 3.63) is 64.9 Å². The fourth-order valence-corrected chi connectivity index (χ4v) is 3.88. The van der Waals surface area contributed by atoms with Gasteiger partial charge in [0.15, 0.2) is 0 Å². The zero-order chi connectivity index (χ0) is 19.7. The lowest BCUT2D eigenvalue weighted by molar-refractivity contribution is -0.121. The van der Waals surface area contributed by atoms with Crippen molar-refractivity contribution in [1.82, 2.24) is 10.6 Å². The molecular formula is C22H24ClN3O2. The molecule has 2 aromatic carbocycles. The summed E-state index contributed by atoms with van der Waals surface area (Å²) in [6.45, 7) is 1.50. The number of fused-ring (bicyclic) bond motifs is 1. The maximum Gasteiger partial charge on any atom is 0.224 e. The van der Waals surface area contributed by atoms with Crippen LogP contribution in [0.15, 0.2) is 52.9 Å². The Morgan fingerprint density at radius 1 is 1.18 bits per heavy atom. The van der Waals surface area contributed by atoms with Crippen molar-refractivity contribution < 1.29 is 9.21 Å². The number of carbonyl (C=O) groups is 1. The zero-order valence-electron chi connectivity index (χ0n) is 16.0. The molecule has 1 aliphatic heterocycles. The number of benzene rings is 2. The van der Waals surface area contributed by atoms with Gasteiger partial charge >= 0.3 is 0 Å². The number of hydrogen-bond acceptors (Lipinski definition) is 4. The molecule has 0 bridgehead atoms. The predicted molar refractivity (Wildman–Crippen MR) is 113 cm³/mol. The lowest BCUT2D eigenvalue weighted by Crippen LogP contribution is -2.40. The molecule has 6 heteroatoms. The molecule has 1 amide bonds. The largest absolute Gasteiger partial charge is 0.461 e. The van der Waals surface area contributed by atoms with Crippen molar-refractivity contribution >= 4 is 34.2 Å². The minimum atomic E-state index is 0.00424. The van der Waals surface area contributed by atoms with Crippen molar-refractivity contribution in [3.63, 3.8) is 0 Å². The second-order valence-corrected chi connectivity index (χ2v) is 7.94. The van der Waals surface area contributed by atoms with Gasteiger partial charge in [0.25, 0.3) is 0 Å². The van der Waals surface area contributed by atoms with Gasteiger partial charge in [-0.2, -0.15) is 0 Å². The van der Waals surface area contributed by atoms with E-state index in [4.69, 9.17) is 16.0 Å². The van der Waals surface area contributed by atoms with Crippen LogP contribution in [0.1, 0.15) is 17.2 Å². The van der Waals surface area contributed by atoms with Gasteiger partial charge < -0.3 is 20.0 Å². The first-order valence-corrected chi connectivity index (χ1v) is 9.83. The van der Waals surface area contributed by atoms with Gasteiger partial charge in [-0.15, -0.1) is 0 Å². The highest BCUT2D eigenvalue weighted by molar-refractivity contribution is 6.31. The number of furan rings is 1. The van der Waals surface area contributed by atoms with Crippen LogP contribution in [-0.2, 0) is 11.2 Å². The second-order valence-electron chi connectivity index (χ2n) is 7.51. The molecule has 4 rings (SSSR count). The summed E-state index contributed by atoms with van der Waals surface area (Å²) in [5, 5.41) is 8.21. The van der Waals surface area contributed by atoms with E-state index in [-0.39, 0.29) is 17.9 Å². The van der Waals surface area contributed by atoms with E-state index in [9.17, 15) is 4.79 Å². The summed E-state index contributed by atoms with van der Waals surface area (Å²) < 4.78 is 6.02. The summed E-state index contributed by atoms with van der Waals surface area (Å²) in [4.78, 5) is 14.6. The molecule has 146 valence electrons. The molecule has 0 saturated carbocycles. The van der Waals surface area contributed by atoms with E-state index in [0.717, 1.165) is 41.1 Å². The number of anilines is 1. The SMILES string of the molecule is CN(C)c1ccc(CC(=O)N[C@@H]2CNC[C@H]2c2cc3cc(Cl)ccc3o2)cc1. The average Bonchev–Trinajstić information content (AvgIpc) is 3.28. The van der Waals surface area contributed by atoms with Crippen molar-refractivity contribution in [2.24, 2.45) is 0 Å². The van der Waals surface area contributed by atoms with Crippen LogP contribution < -0.4 is 15.5 Å². The van der Waals surface area contributed by atoms with Crippen molar-refractivity contribution in [1.29, 1.82) is 0 Å². The standard InChI is InChI=1S/C22H24ClN3O2/c1-26(2)17-6-3-14(4-7-17)9-22(27)25-19-13-24-12-18(19)21-11-15-10-16(23)5-8-20(15)28-21/h3-8,10-11,18-19,24H,9,12-13H2,1-2H3,(H,25,27)/t18-,19-/m1/s1. The summed E-state index contributed by atoms with van der Waals surface area (Å²) >= 11 is 6.08.